The predicted molar refractivity (Wildman–Crippen MR) is 161 cm³/mol. The lowest BCUT2D eigenvalue weighted by Crippen LogP contribution is -2.46. The van der Waals surface area contributed by atoms with Crippen molar-refractivity contribution in [2.75, 3.05) is 0 Å². The van der Waals surface area contributed by atoms with E-state index in [4.69, 9.17) is 11.6 Å². The number of hydrogen-bond acceptors (Lipinski definition) is 4. The molecule has 0 bridgehead atoms. The molecule has 0 fully saturated rings. The Morgan fingerprint density at radius 2 is 1.86 bits per heavy atom. The van der Waals surface area contributed by atoms with Gasteiger partial charge in [-0.1, -0.05) is 25.4 Å². The van der Waals surface area contributed by atoms with Gasteiger partial charge in [-0.05, 0) is 68.1 Å². The largest absolute Gasteiger partial charge is 0.417 e. The zero-order chi connectivity index (χ0) is 31.5. The van der Waals surface area contributed by atoms with Crippen molar-refractivity contribution in [2.24, 2.45) is 13.0 Å². The molecule has 5 aromatic rings. The molecule has 0 N–H and O–H groups in total. The maximum Gasteiger partial charge on any atom is 0.417 e. The van der Waals surface area contributed by atoms with Crippen molar-refractivity contribution in [1.29, 1.82) is 0 Å². The fourth-order valence-electron chi connectivity index (χ4n) is 5.92. The molecule has 12 heteroatoms. The highest BCUT2D eigenvalue weighted by Crippen LogP contribution is 2.36. The Hall–Kier alpha value is -4.38. The summed E-state index contributed by atoms with van der Waals surface area (Å²) in [6.45, 7) is 5.95. The maximum absolute atomic E-state index is 14.3. The van der Waals surface area contributed by atoms with Crippen molar-refractivity contribution in [3.8, 4) is 17.1 Å². The number of carbonyl (C=O) groups excluding carboxylic acids is 1. The Morgan fingerprint density at radius 3 is 2.50 bits per heavy atom. The van der Waals surface area contributed by atoms with Gasteiger partial charge in [0.05, 0.1) is 34.7 Å². The SMILES string of the molecule is CC(C)Cc1cnn2c3c(c(=O)n(-c4ccc(-c5nccn5C)cc4)c12)C[C@@H](C)N(C(=O)c1ccc(Cl)c(C(F)(F)F)c1)C3. The summed E-state index contributed by atoms with van der Waals surface area (Å²) in [6.07, 6.45) is 1.50. The van der Waals surface area contributed by atoms with Crippen LogP contribution >= 0.6 is 11.6 Å². The van der Waals surface area contributed by atoms with Gasteiger partial charge in [0, 0.05) is 47.7 Å². The van der Waals surface area contributed by atoms with Crippen molar-refractivity contribution in [3.05, 3.63) is 104 Å². The number of imidazole rings is 1. The second-order valence-electron chi connectivity index (χ2n) is 11.7. The molecule has 3 aromatic heterocycles. The van der Waals surface area contributed by atoms with Gasteiger partial charge in [-0.2, -0.15) is 18.3 Å². The van der Waals surface area contributed by atoms with Crippen LogP contribution in [-0.2, 0) is 32.6 Å². The summed E-state index contributed by atoms with van der Waals surface area (Å²) in [6, 6.07) is 10.3. The first-order valence-corrected chi connectivity index (χ1v) is 14.6. The van der Waals surface area contributed by atoms with Crippen LogP contribution < -0.4 is 5.56 Å². The van der Waals surface area contributed by atoms with Crippen molar-refractivity contribution >= 4 is 23.2 Å². The number of nitrogens with zero attached hydrogens (tertiary/aromatic N) is 6. The number of alkyl halides is 3. The minimum absolute atomic E-state index is 0.00673. The summed E-state index contributed by atoms with van der Waals surface area (Å²) in [5.74, 6) is 0.493. The van der Waals surface area contributed by atoms with Gasteiger partial charge in [0.15, 0.2) is 0 Å². The van der Waals surface area contributed by atoms with Gasteiger partial charge in [0.25, 0.3) is 11.5 Å². The van der Waals surface area contributed by atoms with Crippen LogP contribution in [0.1, 0.15) is 53.5 Å². The molecule has 6 rings (SSSR count). The number of hydrogen-bond donors (Lipinski definition) is 0. The first kappa shape index (κ1) is 29.7. The molecule has 0 unspecified atom stereocenters. The second-order valence-corrected chi connectivity index (χ2v) is 12.1. The van der Waals surface area contributed by atoms with E-state index in [9.17, 15) is 22.8 Å². The van der Waals surface area contributed by atoms with Crippen LogP contribution in [0.4, 0.5) is 13.2 Å². The van der Waals surface area contributed by atoms with Gasteiger partial charge in [0.2, 0.25) is 0 Å². The molecule has 44 heavy (non-hydrogen) atoms. The van der Waals surface area contributed by atoms with Crippen molar-refractivity contribution in [3.63, 3.8) is 0 Å². The number of aromatic nitrogens is 5. The van der Waals surface area contributed by atoms with E-state index < -0.39 is 28.7 Å². The number of halogens is 4. The maximum atomic E-state index is 14.3. The molecule has 2 aromatic carbocycles. The van der Waals surface area contributed by atoms with Gasteiger partial charge in [-0.15, -0.1) is 0 Å². The molecular formula is C32H30ClF3N6O2. The second kappa shape index (κ2) is 11.0. The topological polar surface area (TPSA) is 77.4 Å². The molecule has 0 saturated carbocycles. The Bertz CT molecular complexity index is 1960. The third-order valence-electron chi connectivity index (χ3n) is 8.06. The number of fused-ring (bicyclic) bond motifs is 3. The molecule has 0 aliphatic carbocycles. The van der Waals surface area contributed by atoms with E-state index in [2.05, 4.69) is 23.9 Å². The smallest absolute Gasteiger partial charge is 0.334 e. The van der Waals surface area contributed by atoms with Crippen LogP contribution in [0.5, 0.6) is 0 Å². The van der Waals surface area contributed by atoms with Gasteiger partial charge >= 0.3 is 6.18 Å². The lowest BCUT2D eigenvalue weighted by atomic mass is 9.97. The van der Waals surface area contributed by atoms with E-state index in [1.807, 2.05) is 42.1 Å². The molecule has 8 nitrogen and oxygen atoms in total. The average molecular weight is 623 g/mol. The van der Waals surface area contributed by atoms with Crippen LogP contribution in [0.2, 0.25) is 5.02 Å². The van der Waals surface area contributed by atoms with E-state index in [-0.39, 0.29) is 30.0 Å². The molecule has 0 spiro atoms. The number of aryl methyl sites for hydroxylation is 1. The van der Waals surface area contributed by atoms with Gasteiger partial charge < -0.3 is 9.47 Å². The third kappa shape index (κ3) is 5.08. The number of carbonyl (C=O) groups is 1. The van der Waals surface area contributed by atoms with Crippen LogP contribution in [-0.4, -0.2) is 40.6 Å². The van der Waals surface area contributed by atoms with E-state index in [0.717, 1.165) is 29.1 Å². The molecule has 228 valence electrons. The quantitative estimate of drug-likeness (QED) is 0.229. The lowest BCUT2D eigenvalue weighted by molar-refractivity contribution is -0.137. The Kier molecular flexibility index (Phi) is 7.39. The Labute approximate surface area is 256 Å². The fourth-order valence-corrected chi connectivity index (χ4v) is 6.15. The number of benzene rings is 2. The van der Waals surface area contributed by atoms with Crippen molar-refractivity contribution < 1.29 is 18.0 Å². The average Bonchev–Trinajstić information content (AvgIpc) is 3.58. The first-order valence-electron chi connectivity index (χ1n) is 14.2. The zero-order valence-electron chi connectivity index (χ0n) is 24.6. The third-order valence-corrected chi connectivity index (χ3v) is 8.39. The van der Waals surface area contributed by atoms with Crippen LogP contribution in [0.15, 0.2) is 65.8 Å². The van der Waals surface area contributed by atoms with Crippen LogP contribution in [0.25, 0.3) is 22.7 Å². The molecular weight excluding hydrogens is 593 g/mol. The highest BCUT2D eigenvalue weighted by molar-refractivity contribution is 6.31. The molecule has 0 saturated heterocycles. The molecule has 0 radical (unpaired) electrons. The summed E-state index contributed by atoms with van der Waals surface area (Å²) in [5, 5.41) is 4.19. The van der Waals surface area contributed by atoms with Gasteiger partial charge in [0.1, 0.15) is 11.5 Å². The predicted octanol–water partition coefficient (Wildman–Crippen LogP) is 6.34. The van der Waals surface area contributed by atoms with E-state index >= 15 is 0 Å². The summed E-state index contributed by atoms with van der Waals surface area (Å²) in [4.78, 5) is 33.8. The zero-order valence-corrected chi connectivity index (χ0v) is 25.3. The Balaban J connectivity index is 1.46. The number of amides is 1. The standard InChI is InChI=1S/C32H30ClF3N6O2/c1-18(2)13-22-16-38-42-27-17-40(30(43)21-7-10-26(33)25(15-21)32(34,35)36)19(3)14-24(27)31(44)41(29(22)42)23-8-5-20(6-9-23)28-37-11-12-39(28)4/h5-12,15-16,18-19H,13-14,17H2,1-4H3/t19-/m1/s1. The first-order chi connectivity index (χ1) is 20.8. The molecule has 1 aliphatic heterocycles. The minimum Gasteiger partial charge on any atom is -0.334 e. The summed E-state index contributed by atoms with van der Waals surface area (Å²) < 4.78 is 45.9. The summed E-state index contributed by atoms with van der Waals surface area (Å²) in [5.41, 5.74) is 2.67. The van der Waals surface area contributed by atoms with Crippen LogP contribution in [0.3, 0.4) is 0 Å². The molecule has 1 atom stereocenters. The van der Waals surface area contributed by atoms with E-state index in [1.165, 1.54) is 11.0 Å². The lowest BCUT2D eigenvalue weighted by Gasteiger charge is -2.35. The fraction of sp³-hybridized carbons (Fsp3) is 0.312. The van der Waals surface area contributed by atoms with E-state index in [0.29, 0.717) is 29.0 Å². The van der Waals surface area contributed by atoms with Gasteiger partial charge in [-0.25, -0.2) is 9.50 Å². The van der Waals surface area contributed by atoms with Crippen molar-refractivity contribution in [2.45, 2.75) is 52.4 Å². The van der Waals surface area contributed by atoms with Crippen molar-refractivity contribution in [1.82, 2.24) is 28.6 Å². The highest BCUT2D eigenvalue weighted by atomic mass is 35.5. The normalized spacial score (nSPS) is 15.3. The molecule has 1 amide bonds. The Morgan fingerprint density at radius 1 is 1.14 bits per heavy atom. The van der Waals surface area contributed by atoms with E-state index in [1.54, 1.807) is 28.4 Å². The molecule has 4 heterocycles. The number of rotatable bonds is 5. The van der Waals surface area contributed by atoms with Gasteiger partial charge in [-0.3, -0.25) is 14.2 Å². The monoisotopic (exact) mass is 622 g/mol. The highest BCUT2D eigenvalue weighted by Gasteiger charge is 2.36. The minimum atomic E-state index is -4.71. The molecule has 1 aliphatic rings. The summed E-state index contributed by atoms with van der Waals surface area (Å²) >= 11 is 5.80. The summed E-state index contributed by atoms with van der Waals surface area (Å²) in [7, 11) is 1.91. The van der Waals surface area contributed by atoms with Crippen LogP contribution in [0, 0.1) is 5.92 Å².